The number of amides is 6. The molecule has 452 valence electrons. The lowest BCUT2D eigenvalue weighted by molar-refractivity contribution is -0.149. The molecule has 7 rings (SSSR count). The van der Waals surface area contributed by atoms with Gasteiger partial charge in [-0.25, -0.2) is 17.6 Å². The number of aryl methyl sites for hydroxylation is 3. The van der Waals surface area contributed by atoms with Gasteiger partial charge in [0.2, 0.25) is 0 Å². The molecule has 0 radical (unpaired) electrons. The zero-order valence-corrected chi connectivity index (χ0v) is 48.6. The van der Waals surface area contributed by atoms with E-state index in [2.05, 4.69) is 31.9 Å². The van der Waals surface area contributed by atoms with E-state index < -0.39 is 115 Å². The molecular weight excluding hydrogens is 1160 g/mol. The number of carbonyl (C=O) groups excluding carboxylic acids is 6. The molecule has 7 N–H and O–H groups in total. The van der Waals surface area contributed by atoms with E-state index in [0.29, 0.717) is 83.0 Å². The van der Waals surface area contributed by atoms with Gasteiger partial charge in [-0.1, -0.05) is 19.8 Å². The summed E-state index contributed by atoms with van der Waals surface area (Å²) < 4.78 is 141. The van der Waals surface area contributed by atoms with Crippen molar-refractivity contribution in [3.63, 3.8) is 0 Å². The Morgan fingerprint density at radius 2 is 0.917 bits per heavy atom. The first-order chi connectivity index (χ1) is 38.9. The first-order valence-corrected chi connectivity index (χ1v) is 27.6. The van der Waals surface area contributed by atoms with E-state index in [1.54, 1.807) is 55.4 Å². The van der Waals surface area contributed by atoms with Gasteiger partial charge in [-0.15, -0.1) is 22.7 Å². The van der Waals surface area contributed by atoms with Crippen LogP contribution in [0.4, 0.5) is 61.0 Å². The minimum absolute atomic E-state index is 0.0187. The van der Waals surface area contributed by atoms with Crippen LogP contribution in [-0.4, -0.2) is 63.8 Å². The van der Waals surface area contributed by atoms with Crippen LogP contribution in [0.3, 0.4) is 0 Å². The van der Waals surface area contributed by atoms with E-state index >= 15 is 0 Å². The molecule has 2 atom stereocenters. The number of nitrogens with one attached hydrogen (secondary N) is 6. The molecule has 4 aromatic carbocycles. The van der Waals surface area contributed by atoms with Crippen molar-refractivity contribution in [3.8, 4) is 0 Å². The van der Waals surface area contributed by atoms with Gasteiger partial charge in [0, 0.05) is 33.7 Å². The molecule has 0 spiro atoms. The Balaban J connectivity index is 0.000000232. The Morgan fingerprint density at radius 1 is 0.512 bits per heavy atom. The molecule has 1 saturated carbocycles. The van der Waals surface area contributed by atoms with Gasteiger partial charge in [-0.3, -0.25) is 28.8 Å². The molecule has 0 bridgehead atoms. The number of carbonyl (C=O) groups is 6. The lowest BCUT2D eigenvalue weighted by Gasteiger charge is -2.30. The summed E-state index contributed by atoms with van der Waals surface area (Å²) in [5.41, 5.74) is -1.24. The van der Waals surface area contributed by atoms with Gasteiger partial charge >= 0.3 is 17.8 Å². The summed E-state index contributed by atoms with van der Waals surface area (Å²) in [5, 5.41) is 24.0. The van der Waals surface area contributed by atoms with Gasteiger partial charge in [0.05, 0.1) is 37.2 Å². The molecule has 1 aliphatic rings. The molecule has 1 aliphatic carbocycles. The summed E-state index contributed by atoms with van der Waals surface area (Å²) in [7, 11) is 0. The number of anilines is 3. The normalized spacial score (nSPS) is 14.6. The van der Waals surface area contributed by atoms with E-state index in [1.807, 2.05) is 0 Å². The van der Waals surface area contributed by atoms with E-state index in [1.165, 1.54) is 67.6 Å². The van der Waals surface area contributed by atoms with Crippen LogP contribution >= 0.6 is 22.7 Å². The van der Waals surface area contributed by atoms with E-state index in [9.17, 15) is 77.8 Å². The summed E-state index contributed by atoms with van der Waals surface area (Å²) in [6.07, 6.45) is 1.65. The predicted octanol–water partition coefficient (Wildman–Crippen LogP) is 13.3. The van der Waals surface area contributed by atoms with Crippen LogP contribution < -0.4 is 31.9 Å². The Hall–Kier alpha value is -7.64. The Bertz CT molecular complexity index is 3400. The van der Waals surface area contributed by atoms with Gasteiger partial charge in [-0.2, -0.15) is 26.3 Å². The monoisotopic (exact) mass is 1220 g/mol. The molecule has 2 heterocycles. The van der Waals surface area contributed by atoms with E-state index in [-0.39, 0.29) is 26.6 Å². The van der Waals surface area contributed by atoms with Gasteiger partial charge in [0.15, 0.2) is 0 Å². The first kappa shape index (κ1) is 67.2. The molecule has 6 aromatic rings. The van der Waals surface area contributed by atoms with Crippen molar-refractivity contribution in [3.05, 3.63) is 168 Å². The largest absolute Gasteiger partial charge is 0.391 e. The molecule has 0 aliphatic heterocycles. The van der Waals surface area contributed by atoms with Crippen LogP contribution in [0.5, 0.6) is 0 Å². The highest BCUT2D eigenvalue weighted by molar-refractivity contribution is 7.14. The second kappa shape index (κ2) is 27.4. The van der Waals surface area contributed by atoms with Crippen LogP contribution in [0.2, 0.25) is 0 Å². The quantitative estimate of drug-likeness (QED) is 0.0497. The van der Waals surface area contributed by atoms with E-state index in [0.717, 1.165) is 30.7 Å². The van der Waals surface area contributed by atoms with Crippen molar-refractivity contribution < 1.29 is 77.8 Å². The Labute approximate surface area is 486 Å². The number of rotatable bonds is 15. The molecule has 84 heavy (non-hydrogen) atoms. The van der Waals surface area contributed by atoms with Crippen LogP contribution in [-0.2, 0) is 32.2 Å². The summed E-state index contributed by atoms with van der Waals surface area (Å²) in [5.74, 6) is -21.0. The molecule has 1 fully saturated rings. The van der Waals surface area contributed by atoms with Crippen LogP contribution in [0, 0.1) is 44.0 Å². The van der Waals surface area contributed by atoms with Crippen molar-refractivity contribution in [2.24, 2.45) is 0 Å². The first-order valence-electron chi connectivity index (χ1n) is 26.0. The third-order valence-electron chi connectivity index (χ3n) is 12.8. The second-order valence-corrected chi connectivity index (χ2v) is 23.5. The fraction of sp³-hybridized carbons (Fsp3) is 0.356. The van der Waals surface area contributed by atoms with Crippen molar-refractivity contribution in [2.75, 3.05) is 16.0 Å². The topological polar surface area (TPSA) is 195 Å². The maximum Gasteiger partial charge on any atom is 0.358 e. The third-order valence-corrected chi connectivity index (χ3v) is 15.1. The lowest BCUT2D eigenvalue weighted by Crippen LogP contribution is -2.50. The minimum Gasteiger partial charge on any atom is -0.391 e. The molecule has 6 amide bonds. The highest BCUT2D eigenvalue weighted by Gasteiger charge is 2.47. The average Bonchev–Trinajstić information content (AvgIpc) is 2.70. The predicted molar refractivity (Wildman–Crippen MR) is 301 cm³/mol. The van der Waals surface area contributed by atoms with Crippen LogP contribution in [0.15, 0.2) is 97.1 Å². The SMILES string of the molecule is CCC(C)(C)NC(=O)C(F)(F)c1ccc(C(=O)Nc2ccc(F)c(C)c2)s1.Cc1cc(NC(=O)c2ccc(C(F)(F)C(=O)NC(C)(C)C)s2)ccc1F.Cc1cc(NC(=O)c2ccc(F)c(C(F)(F)C(=O)N[C@H]3CCCC[C@@H]3O)c2)ccc1F. The fourth-order valence-corrected chi connectivity index (χ4v) is 9.45. The zero-order valence-electron chi connectivity index (χ0n) is 46.9. The summed E-state index contributed by atoms with van der Waals surface area (Å²) in [6.45, 7) is 14.5. The van der Waals surface area contributed by atoms with Gasteiger partial charge in [-0.05, 0) is 188 Å². The van der Waals surface area contributed by atoms with E-state index in [4.69, 9.17) is 0 Å². The van der Waals surface area contributed by atoms with Gasteiger partial charge < -0.3 is 37.0 Å². The summed E-state index contributed by atoms with van der Waals surface area (Å²) in [4.78, 5) is 71.9. The number of hydrogen-bond acceptors (Lipinski definition) is 9. The number of halogens is 10. The number of thiophene rings is 2. The highest BCUT2D eigenvalue weighted by Crippen LogP contribution is 2.37. The number of alkyl halides is 6. The number of aliphatic hydroxyl groups excluding tert-OH is 1. The summed E-state index contributed by atoms with van der Waals surface area (Å²) in [6, 6.07) is 17.9. The third kappa shape index (κ3) is 17.7. The second-order valence-electron chi connectivity index (χ2n) is 21.3. The molecule has 0 saturated heterocycles. The van der Waals surface area contributed by atoms with Crippen molar-refractivity contribution >= 4 is 75.2 Å². The molecular formula is C59H62F10N6O7S2. The van der Waals surface area contributed by atoms with Crippen LogP contribution in [0.1, 0.15) is 135 Å². The fourth-order valence-electron chi connectivity index (χ4n) is 7.70. The molecule has 0 unspecified atom stereocenters. The molecule has 2 aromatic heterocycles. The average molecular weight is 1220 g/mol. The number of aliphatic hydroxyl groups is 1. The Kier molecular flexibility index (Phi) is 21.9. The molecule has 13 nitrogen and oxygen atoms in total. The lowest BCUT2D eigenvalue weighted by atomic mass is 9.92. The van der Waals surface area contributed by atoms with Crippen molar-refractivity contribution in [1.82, 2.24) is 16.0 Å². The van der Waals surface area contributed by atoms with Gasteiger partial charge in [0.1, 0.15) is 23.3 Å². The van der Waals surface area contributed by atoms with Gasteiger partial charge in [0.25, 0.3) is 35.4 Å². The summed E-state index contributed by atoms with van der Waals surface area (Å²) >= 11 is 1.07. The number of hydrogen-bond donors (Lipinski definition) is 7. The standard InChI is InChI=1S/C22H22F4N2O3.C19H21F3N2O2S.C18H19F3N2O2S/c1-12-10-14(7-9-16(12)23)27-20(30)13-6-8-17(24)15(11-13)22(25,26)21(31)28-18-4-2-3-5-19(18)29;1-5-18(3,4)24-17(26)19(21,22)15-9-8-14(27-15)16(25)23-12-6-7-13(20)11(2)10-12;1-10-9-11(5-6-12(10)19)22-15(24)13-7-8-14(26-13)18(20,21)16(25)23-17(2,3)4/h6-11,18-19,29H,2-5H2,1H3,(H,27,30)(H,28,31);6-10H,5H2,1-4H3,(H,23,25)(H,24,26);5-9H,1-4H3,(H,22,24)(H,23,25)/t18-,19-;;/m0../s1. The minimum atomic E-state index is -4.26. The van der Waals surface area contributed by atoms with Crippen molar-refractivity contribution in [2.45, 2.75) is 135 Å². The van der Waals surface area contributed by atoms with Crippen molar-refractivity contribution in [1.29, 1.82) is 0 Å². The maximum atomic E-state index is 14.8. The smallest absolute Gasteiger partial charge is 0.358 e. The Morgan fingerprint density at radius 3 is 1.32 bits per heavy atom. The zero-order chi connectivity index (χ0) is 62.9. The highest BCUT2D eigenvalue weighted by atomic mass is 32.1. The van der Waals surface area contributed by atoms with Crippen LogP contribution in [0.25, 0.3) is 0 Å². The maximum absolute atomic E-state index is 14.8. The number of benzene rings is 4. The molecule has 25 heteroatoms.